The highest BCUT2D eigenvalue weighted by atomic mass is 16.3. The fourth-order valence-corrected chi connectivity index (χ4v) is 3.26. The van der Waals surface area contributed by atoms with E-state index in [2.05, 4.69) is 27.7 Å². The van der Waals surface area contributed by atoms with Gasteiger partial charge in [0, 0.05) is 25.0 Å². The number of piperidine rings is 1. The normalized spacial score (nSPS) is 18.9. The van der Waals surface area contributed by atoms with Crippen molar-refractivity contribution in [2.24, 2.45) is 5.92 Å². The first-order valence-corrected chi connectivity index (χ1v) is 8.46. The van der Waals surface area contributed by atoms with Crippen molar-refractivity contribution in [3.8, 4) is 0 Å². The largest absolute Gasteiger partial charge is 0.460 e. The second-order valence-electron chi connectivity index (χ2n) is 6.23. The quantitative estimate of drug-likeness (QED) is 0.892. The molecule has 3 rings (SSSR count). The zero-order chi connectivity index (χ0) is 16.1. The Kier molecular flexibility index (Phi) is 5.18. The Morgan fingerprint density at radius 1 is 1.35 bits per heavy atom. The summed E-state index contributed by atoms with van der Waals surface area (Å²) in [6, 6.07) is 10.2. The molecule has 2 aromatic rings. The van der Waals surface area contributed by atoms with Crippen LogP contribution in [0.2, 0.25) is 0 Å². The van der Waals surface area contributed by atoms with Crippen LogP contribution >= 0.6 is 0 Å². The number of para-hydroxylation sites is 1. The molecule has 5 nitrogen and oxygen atoms in total. The number of carbonyl (C=O) groups is 1. The number of hydrogen-bond donors (Lipinski definition) is 2. The molecule has 5 heteroatoms. The van der Waals surface area contributed by atoms with Crippen LogP contribution in [0.5, 0.6) is 0 Å². The van der Waals surface area contributed by atoms with Gasteiger partial charge in [0.25, 0.3) is 0 Å². The van der Waals surface area contributed by atoms with Gasteiger partial charge < -0.3 is 15.1 Å². The van der Waals surface area contributed by atoms with Gasteiger partial charge in [0.15, 0.2) is 0 Å². The minimum absolute atomic E-state index is 0.0677. The fraction of sp³-hybridized carbons (Fsp3) is 0.500. The van der Waals surface area contributed by atoms with Crippen LogP contribution in [-0.2, 0) is 6.54 Å². The van der Waals surface area contributed by atoms with Gasteiger partial charge in [-0.15, -0.1) is 0 Å². The zero-order valence-corrected chi connectivity index (χ0v) is 13.7. The van der Waals surface area contributed by atoms with Gasteiger partial charge in [0.05, 0.1) is 6.54 Å². The van der Waals surface area contributed by atoms with E-state index >= 15 is 0 Å². The molecule has 1 aliphatic rings. The topological polar surface area (TPSA) is 57.5 Å². The van der Waals surface area contributed by atoms with Crippen LogP contribution < -0.4 is 10.6 Å². The Hall–Kier alpha value is -2.01. The van der Waals surface area contributed by atoms with E-state index in [4.69, 9.17) is 4.42 Å². The van der Waals surface area contributed by atoms with E-state index < -0.39 is 0 Å². The lowest BCUT2D eigenvalue weighted by molar-refractivity contribution is 0.156. The van der Waals surface area contributed by atoms with Crippen molar-refractivity contribution in [2.45, 2.75) is 26.3 Å². The molecular formula is C18H25N3O2. The summed E-state index contributed by atoms with van der Waals surface area (Å²) in [5.74, 6) is 1.53. The van der Waals surface area contributed by atoms with Crippen molar-refractivity contribution in [2.75, 3.05) is 26.2 Å². The second kappa shape index (κ2) is 7.51. The molecule has 0 spiro atoms. The first-order chi connectivity index (χ1) is 11.2. The first kappa shape index (κ1) is 15.9. The molecule has 1 atom stereocenters. The SMILES string of the molecule is CCNC(=O)NC[C@H]1CCCN(Cc2cc3ccccc3o2)C1. The molecule has 0 radical (unpaired) electrons. The third-order valence-electron chi connectivity index (χ3n) is 4.35. The number of carbonyl (C=O) groups excluding carboxylic acids is 1. The van der Waals surface area contributed by atoms with Crippen LogP contribution in [0, 0.1) is 5.92 Å². The van der Waals surface area contributed by atoms with E-state index in [0.717, 1.165) is 42.9 Å². The summed E-state index contributed by atoms with van der Waals surface area (Å²) in [4.78, 5) is 13.9. The monoisotopic (exact) mass is 315 g/mol. The Bertz CT molecular complexity index is 620. The molecule has 0 saturated carbocycles. The number of urea groups is 1. The molecule has 2 amide bonds. The van der Waals surface area contributed by atoms with Gasteiger partial charge in [-0.3, -0.25) is 4.90 Å². The van der Waals surface area contributed by atoms with Crippen molar-refractivity contribution in [1.29, 1.82) is 0 Å². The van der Waals surface area contributed by atoms with E-state index in [-0.39, 0.29) is 6.03 Å². The number of nitrogens with zero attached hydrogens (tertiary/aromatic N) is 1. The zero-order valence-electron chi connectivity index (χ0n) is 13.7. The lowest BCUT2D eigenvalue weighted by Crippen LogP contribution is -2.43. The highest BCUT2D eigenvalue weighted by molar-refractivity contribution is 5.77. The Morgan fingerprint density at radius 2 is 2.22 bits per heavy atom. The molecule has 0 aliphatic carbocycles. The summed E-state index contributed by atoms with van der Waals surface area (Å²) in [6.07, 6.45) is 2.34. The van der Waals surface area contributed by atoms with Gasteiger partial charge in [-0.1, -0.05) is 18.2 Å². The standard InChI is InChI=1S/C18H25N3O2/c1-2-19-18(22)20-11-14-6-5-9-21(12-14)13-16-10-15-7-3-4-8-17(15)23-16/h3-4,7-8,10,14H,2,5-6,9,11-13H2,1H3,(H2,19,20,22)/t14-/m1/s1. The molecule has 0 bridgehead atoms. The molecule has 23 heavy (non-hydrogen) atoms. The van der Waals surface area contributed by atoms with Crippen molar-refractivity contribution < 1.29 is 9.21 Å². The Morgan fingerprint density at radius 3 is 3.04 bits per heavy atom. The summed E-state index contributed by atoms with van der Waals surface area (Å²) in [5.41, 5.74) is 0.953. The molecule has 1 fully saturated rings. The predicted molar refractivity (Wildman–Crippen MR) is 91.3 cm³/mol. The van der Waals surface area contributed by atoms with E-state index in [9.17, 15) is 4.79 Å². The number of benzene rings is 1. The molecule has 1 aromatic carbocycles. The summed E-state index contributed by atoms with van der Waals surface area (Å²) in [7, 11) is 0. The van der Waals surface area contributed by atoms with Gasteiger partial charge in [0.2, 0.25) is 0 Å². The average molecular weight is 315 g/mol. The summed E-state index contributed by atoms with van der Waals surface area (Å²) in [5, 5.41) is 6.89. The van der Waals surface area contributed by atoms with Crippen LogP contribution in [0.3, 0.4) is 0 Å². The number of hydrogen-bond acceptors (Lipinski definition) is 3. The van der Waals surface area contributed by atoms with Gasteiger partial charge >= 0.3 is 6.03 Å². The van der Waals surface area contributed by atoms with Gasteiger partial charge in [-0.25, -0.2) is 4.79 Å². The lowest BCUT2D eigenvalue weighted by Gasteiger charge is -2.32. The molecule has 124 valence electrons. The summed E-state index contributed by atoms with van der Waals surface area (Å²) >= 11 is 0. The molecule has 2 N–H and O–H groups in total. The van der Waals surface area contributed by atoms with Crippen LogP contribution in [-0.4, -0.2) is 37.1 Å². The third kappa shape index (κ3) is 4.26. The molecule has 2 heterocycles. The maximum Gasteiger partial charge on any atom is 0.314 e. The number of fused-ring (bicyclic) bond motifs is 1. The van der Waals surface area contributed by atoms with E-state index in [1.165, 1.54) is 12.8 Å². The number of likely N-dealkylation sites (tertiary alicyclic amines) is 1. The number of amides is 2. The maximum atomic E-state index is 11.5. The van der Waals surface area contributed by atoms with Gasteiger partial charge in [-0.05, 0) is 44.4 Å². The minimum Gasteiger partial charge on any atom is -0.460 e. The first-order valence-electron chi connectivity index (χ1n) is 8.46. The summed E-state index contributed by atoms with van der Waals surface area (Å²) < 4.78 is 5.91. The maximum absolute atomic E-state index is 11.5. The van der Waals surface area contributed by atoms with Crippen LogP contribution in [0.1, 0.15) is 25.5 Å². The molecule has 0 unspecified atom stereocenters. The predicted octanol–water partition coefficient (Wildman–Crippen LogP) is 2.96. The smallest absolute Gasteiger partial charge is 0.314 e. The number of rotatable bonds is 5. The van der Waals surface area contributed by atoms with Crippen molar-refractivity contribution in [1.82, 2.24) is 15.5 Å². The van der Waals surface area contributed by atoms with Crippen LogP contribution in [0.4, 0.5) is 4.79 Å². The minimum atomic E-state index is -0.0677. The number of nitrogens with one attached hydrogen (secondary N) is 2. The highest BCUT2D eigenvalue weighted by Crippen LogP contribution is 2.22. The van der Waals surface area contributed by atoms with Crippen molar-refractivity contribution in [3.63, 3.8) is 0 Å². The molecule has 1 aliphatic heterocycles. The Balaban J connectivity index is 1.53. The molecular weight excluding hydrogens is 290 g/mol. The van der Waals surface area contributed by atoms with Crippen molar-refractivity contribution in [3.05, 3.63) is 36.1 Å². The van der Waals surface area contributed by atoms with Gasteiger partial charge in [-0.2, -0.15) is 0 Å². The van der Waals surface area contributed by atoms with Crippen LogP contribution in [0.25, 0.3) is 11.0 Å². The molecule has 1 aromatic heterocycles. The van der Waals surface area contributed by atoms with Crippen molar-refractivity contribution >= 4 is 17.0 Å². The lowest BCUT2D eigenvalue weighted by atomic mass is 9.98. The second-order valence-corrected chi connectivity index (χ2v) is 6.23. The van der Waals surface area contributed by atoms with Gasteiger partial charge in [0.1, 0.15) is 11.3 Å². The van der Waals surface area contributed by atoms with E-state index in [0.29, 0.717) is 12.5 Å². The Labute approximate surface area is 137 Å². The number of furan rings is 1. The third-order valence-corrected chi connectivity index (χ3v) is 4.35. The summed E-state index contributed by atoms with van der Waals surface area (Å²) in [6.45, 7) is 6.26. The highest BCUT2D eigenvalue weighted by Gasteiger charge is 2.21. The fourth-order valence-electron chi connectivity index (χ4n) is 3.26. The molecule has 1 saturated heterocycles. The average Bonchev–Trinajstić information content (AvgIpc) is 2.96. The van der Waals surface area contributed by atoms with E-state index in [1.54, 1.807) is 0 Å². The van der Waals surface area contributed by atoms with E-state index in [1.807, 2.05) is 25.1 Å². The van der Waals surface area contributed by atoms with Crippen LogP contribution in [0.15, 0.2) is 34.7 Å².